The summed E-state index contributed by atoms with van der Waals surface area (Å²) >= 11 is 0. The van der Waals surface area contributed by atoms with Crippen LogP contribution < -0.4 is 0 Å². The van der Waals surface area contributed by atoms with Gasteiger partial charge in [0.1, 0.15) is 23.6 Å². The van der Waals surface area contributed by atoms with Gasteiger partial charge in [0.25, 0.3) is 0 Å². The van der Waals surface area contributed by atoms with Crippen molar-refractivity contribution in [3.05, 3.63) is 47.9 Å². The SMILES string of the molecule is [C-]#[N+]CCn1nnnc1-c1cnc2c(c1)nc(-c1ccc(O)cc1)n2C1CCCCC1. The molecule has 1 aliphatic rings. The maximum atomic E-state index is 9.71. The first-order valence-electron chi connectivity index (χ1n) is 10.5. The average Bonchev–Trinajstić information content (AvgIpc) is 3.43. The molecule has 0 aliphatic heterocycles. The van der Waals surface area contributed by atoms with Crippen LogP contribution >= 0.6 is 0 Å². The summed E-state index contributed by atoms with van der Waals surface area (Å²) in [6.45, 7) is 7.75. The number of phenolic OH excluding ortho intramolecular Hbond substituents is 1. The summed E-state index contributed by atoms with van der Waals surface area (Å²) in [6.07, 6.45) is 7.66. The van der Waals surface area contributed by atoms with E-state index in [2.05, 4.69) is 24.9 Å². The first kappa shape index (κ1) is 19.2. The van der Waals surface area contributed by atoms with Gasteiger partial charge in [0.05, 0.1) is 0 Å². The van der Waals surface area contributed by atoms with Crippen molar-refractivity contribution in [3.8, 4) is 28.5 Å². The van der Waals surface area contributed by atoms with Gasteiger partial charge in [-0.2, -0.15) is 0 Å². The lowest BCUT2D eigenvalue weighted by Gasteiger charge is -2.25. The lowest BCUT2D eigenvalue weighted by Crippen LogP contribution is -2.14. The third-order valence-corrected chi connectivity index (χ3v) is 5.81. The van der Waals surface area contributed by atoms with Crippen LogP contribution in [0.1, 0.15) is 38.1 Å². The Morgan fingerprint density at radius 2 is 1.87 bits per heavy atom. The number of aromatic nitrogens is 7. The Bertz CT molecular complexity index is 1240. The molecule has 1 aromatic carbocycles. The van der Waals surface area contributed by atoms with E-state index in [9.17, 15) is 5.11 Å². The summed E-state index contributed by atoms with van der Waals surface area (Å²) in [5.41, 5.74) is 3.35. The zero-order valence-corrected chi connectivity index (χ0v) is 17.0. The molecule has 9 nitrogen and oxygen atoms in total. The van der Waals surface area contributed by atoms with E-state index in [1.54, 1.807) is 23.0 Å². The quantitative estimate of drug-likeness (QED) is 0.498. The molecule has 0 amide bonds. The minimum atomic E-state index is 0.232. The van der Waals surface area contributed by atoms with E-state index < -0.39 is 0 Å². The minimum absolute atomic E-state index is 0.232. The molecule has 0 unspecified atom stereocenters. The number of hydrogen-bond donors (Lipinski definition) is 1. The van der Waals surface area contributed by atoms with Gasteiger partial charge in [0, 0.05) is 23.4 Å². The Hall–Kier alpha value is -3.80. The Balaban J connectivity index is 1.63. The second-order valence-corrected chi connectivity index (χ2v) is 7.82. The Kier molecular flexibility index (Phi) is 5.04. The van der Waals surface area contributed by atoms with Gasteiger partial charge < -0.3 is 14.5 Å². The van der Waals surface area contributed by atoms with Crippen molar-refractivity contribution in [2.45, 2.75) is 44.7 Å². The number of nitrogens with zero attached hydrogens (tertiary/aromatic N) is 8. The fraction of sp³-hybridized carbons (Fsp3) is 0.364. The molecule has 1 fully saturated rings. The Morgan fingerprint density at radius 1 is 1.06 bits per heavy atom. The highest BCUT2D eigenvalue weighted by Gasteiger charge is 2.24. The maximum absolute atomic E-state index is 9.71. The van der Waals surface area contributed by atoms with Gasteiger partial charge in [-0.3, -0.25) is 0 Å². The highest BCUT2D eigenvalue weighted by Crippen LogP contribution is 2.36. The lowest BCUT2D eigenvalue weighted by atomic mass is 9.95. The van der Waals surface area contributed by atoms with E-state index in [0.717, 1.165) is 41.0 Å². The minimum Gasteiger partial charge on any atom is -0.508 e. The number of hydrogen-bond acceptors (Lipinski definition) is 6. The Labute approximate surface area is 179 Å². The monoisotopic (exact) mass is 414 g/mol. The topological polar surface area (TPSA) is 98.9 Å². The molecule has 4 aromatic rings. The molecule has 0 atom stereocenters. The predicted molar refractivity (Wildman–Crippen MR) is 115 cm³/mol. The van der Waals surface area contributed by atoms with Crippen molar-refractivity contribution < 1.29 is 5.11 Å². The molecule has 156 valence electrons. The molecule has 9 heteroatoms. The van der Waals surface area contributed by atoms with E-state index >= 15 is 0 Å². The van der Waals surface area contributed by atoms with E-state index in [1.165, 1.54) is 19.3 Å². The molecular weight excluding hydrogens is 392 g/mol. The summed E-state index contributed by atoms with van der Waals surface area (Å²) in [7, 11) is 0. The molecule has 1 N–H and O–H groups in total. The number of benzene rings is 1. The van der Waals surface area contributed by atoms with Crippen LogP contribution in [-0.4, -0.2) is 46.4 Å². The zero-order valence-electron chi connectivity index (χ0n) is 17.0. The molecule has 0 spiro atoms. The van der Waals surface area contributed by atoms with Gasteiger partial charge in [-0.05, 0) is 53.6 Å². The molecule has 1 aliphatic carbocycles. The number of phenols is 1. The molecule has 0 radical (unpaired) electrons. The molecule has 31 heavy (non-hydrogen) atoms. The average molecular weight is 414 g/mol. The van der Waals surface area contributed by atoms with Crippen molar-refractivity contribution in [1.29, 1.82) is 0 Å². The van der Waals surface area contributed by atoms with E-state index in [-0.39, 0.29) is 5.75 Å². The summed E-state index contributed by atoms with van der Waals surface area (Å²) in [4.78, 5) is 13.1. The molecule has 3 heterocycles. The van der Waals surface area contributed by atoms with Gasteiger partial charge in [-0.25, -0.2) is 21.2 Å². The number of fused-ring (bicyclic) bond motifs is 1. The highest BCUT2D eigenvalue weighted by atomic mass is 16.3. The lowest BCUT2D eigenvalue weighted by molar-refractivity contribution is 0.361. The van der Waals surface area contributed by atoms with E-state index in [1.807, 2.05) is 18.2 Å². The van der Waals surface area contributed by atoms with Gasteiger partial charge in [0.2, 0.25) is 6.54 Å². The summed E-state index contributed by atoms with van der Waals surface area (Å²) < 4.78 is 3.88. The summed E-state index contributed by atoms with van der Waals surface area (Å²) in [5, 5.41) is 21.6. The molecule has 1 saturated carbocycles. The van der Waals surface area contributed by atoms with Crippen LogP contribution in [0.25, 0.3) is 38.8 Å². The molecule has 5 rings (SSSR count). The molecule has 3 aromatic heterocycles. The molecule has 0 bridgehead atoms. The number of rotatable bonds is 5. The largest absolute Gasteiger partial charge is 0.508 e. The maximum Gasteiger partial charge on any atom is 0.234 e. The van der Waals surface area contributed by atoms with Crippen LogP contribution in [0.3, 0.4) is 0 Å². The number of imidazole rings is 1. The number of aromatic hydroxyl groups is 1. The molecule has 0 saturated heterocycles. The smallest absolute Gasteiger partial charge is 0.234 e. The van der Waals surface area contributed by atoms with E-state index in [4.69, 9.17) is 16.5 Å². The third-order valence-electron chi connectivity index (χ3n) is 5.81. The van der Waals surface area contributed by atoms with Gasteiger partial charge >= 0.3 is 0 Å². The number of pyridine rings is 1. The van der Waals surface area contributed by atoms with Crippen LogP contribution in [-0.2, 0) is 6.54 Å². The zero-order chi connectivity index (χ0) is 21.2. The third kappa shape index (κ3) is 3.61. The first-order chi connectivity index (χ1) is 15.2. The second kappa shape index (κ2) is 8.14. The fourth-order valence-electron chi connectivity index (χ4n) is 4.31. The normalized spacial score (nSPS) is 14.7. The van der Waals surface area contributed by atoms with Crippen LogP contribution in [0.4, 0.5) is 0 Å². The summed E-state index contributed by atoms with van der Waals surface area (Å²) in [6, 6.07) is 9.47. The first-order valence-corrected chi connectivity index (χ1v) is 10.5. The van der Waals surface area contributed by atoms with Gasteiger partial charge in [0.15, 0.2) is 11.5 Å². The van der Waals surface area contributed by atoms with Crippen LogP contribution in [0.5, 0.6) is 5.75 Å². The van der Waals surface area contributed by atoms with Crippen molar-refractivity contribution >= 4 is 11.2 Å². The van der Waals surface area contributed by atoms with Crippen molar-refractivity contribution in [2.24, 2.45) is 0 Å². The van der Waals surface area contributed by atoms with Crippen molar-refractivity contribution in [2.75, 3.05) is 6.54 Å². The fourth-order valence-corrected chi connectivity index (χ4v) is 4.31. The van der Waals surface area contributed by atoms with Gasteiger partial charge in [-0.15, -0.1) is 5.10 Å². The number of tetrazole rings is 1. The molecular formula is C22H22N8O. The van der Waals surface area contributed by atoms with Crippen LogP contribution in [0.2, 0.25) is 0 Å². The van der Waals surface area contributed by atoms with E-state index in [0.29, 0.717) is 25.0 Å². The van der Waals surface area contributed by atoms with Crippen LogP contribution in [0, 0.1) is 6.57 Å². The predicted octanol–water partition coefficient (Wildman–Crippen LogP) is 3.88. The van der Waals surface area contributed by atoms with Crippen molar-refractivity contribution in [1.82, 2.24) is 34.7 Å². The van der Waals surface area contributed by atoms with Crippen LogP contribution in [0.15, 0.2) is 36.5 Å². The highest BCUT2D eigenvalue weighted by molar-refractivity contribution is 5.81. The Morgan fingerprint density at radius 3 is 2.65 bits per heavy atom. The van der Waals surface area contributed by atoms with Gasteiger partial charge in [-0.1, -0.05) is 19.3 Å². The van der Waals surface area contributed by atoms with Crippen molar-refractivity contribution in [3.63, 3.8) is 0 Å². The summed E-state index contributed by atoms with van der Waals surface area (Å²) in [5.74, 6) is 1.67. The second-order valence-electron chi connectivity index (χ2n) is 7.82. The standard InChI is InChI=1S/C22H22N8O/c1-23-11-12-29-21(26-27-28-29)16-13-19-22(24-14-16)30(17-5-3-2-4-6-17)20(25-19)15-7-9-18(31)10-8-15/h7-10,13-14,17,31H,2-6,11-12H2.